The molecular weight excluding hydrogens is 329 g/mol. The first-order chi connectivity index (χ1) is 9.77. The molecule has 2 aromatic carbocycles. The molecule has 0 saturated carbocycles. The standard InChI is InChI=1S/C15H15Cl2NO2S/c1-21(19,20)13-4-2-3-11(7-13)15(18)8-10-5-6-12(16)9-14(10)17/h2-7,9,15H,8,18H2,1H3. The molecule has 0 aromatic heterocycles. The lowest BCUT2D eigenvalue weighted by Gasteiger charge is -2.14. The molecule has 21 heavy (non-hydrogen) atoms. The van der Waals surface area contributed by atoms with Crippen molar-refractivity contribution >= 4 is 33.0 Å². The van der Waals surface area contributed by atoms with Gasteiger partial charge in [0.25, 0.3) is 0 Å². The van der Waals surface area contributed by atoms with Gasteiger partial charge < -0.3 is 5.73 Å². The highest BCUT2D eigenvalue weighted by Gasteiger charge is 2.13. The number of benzene rings is 2. The molecular formula is C15H15Cl2NO2S. The maximum absolute atomic E-state index is 11.6. The van der Waals surface area contributed by atoms with Gasteiger partial charge in [-0.1, -0.05) is 41.4 Å². The average Bonchev–Trinajstić information content (AvgIpc) is 2.41. The van der Waals surface area contributed by atoms with Gasteiger partial charge in [0, 0.05) is 22.3 Å². The van der Waals surface area contributed by atoms with Crippen molar-refractivity contribution in [1.82, 2.24) is 0 Å². The van der Waals surface area contributed by atoms with E-state index in [2.05, 4.69) is 0 Å². The van der Waals surface area contributed by atoms with Gasteiger partial charge in [-0.3, -0.25) is 0 Å². The van der Waals surface area contributed by atoms with Crippen LogP contribution in [0.4, 0.5) is 0 Å². The van der Waals surface area contributed by atoms with Crippen LogP contribution in [-0.2, 0) is 16.3 Å². The smallest absolute Gasteiger partial charge is 0.175 e. The van der Waals surface area contributed by atoms with Gasteiger partial charge >= 0.3 is 0 Å². The topological polar surface area (TPSA) is 60.2 Å². The number of sulfone groups is 1. The fourth-order valence-corrected chi connectivity index (χ4v) is 3.18. The van der Waals surface area contributed by atoms with Gasteiger partial charge in [-0.05, 0) is 41.8 Å². The summed E-state index contributed by atoms with van der Waals surface area (Å²) in [5.41, 5.74) is 7.79. The van der Waals surface area contributed by atoms with Gasteiger partial charge in [0.15, 0.2) is 9.84 Å². The average molecular weight is 344 g/mol. The third-order valence-electron chi connectivity index (χ3n) is 3.17. The van der Waals surface area contributed by atoms with Crippen molar-refractivity contribution in [2.45, 2.75) is 17.4 Å². The molecule has 2 aromatic rings. The highest BCUT2D eigenvalue weighted by atomic mass is 35.5. The van der Waals surface area contributed by atoms with E-state index >= 15 is 0 Å². The van der Waals surface area contributed by atoms with Crippen LogP contribution in [0.2, 0.25) is 10.0 Å². The fraction of sp³-hybridized carbons (Fsp3) is 0.200. The van der Waals surface area contributed by atoms with Crippen molar-refractivity contribution in [3.8, 4) is 0 Å². The monoisotopic (exact) mass is 343 g/mol. The quantitative estimate of drug-likeness (QED) is 0.921. The Morgan fingerprint density at radius 1 is 1.14 bits per heavy atom. The second-order valence-corrected chi connectivity index (χ2v) is 7.75. The maximum atomic E-state index is 11.6. The Hall–Kier alpha value is -1.07. The molecule has 0 aliphatic heterocycles. The summed E-state index contributed by atoms with van der Waals surface area (Å²) in [6.07, 6.45) is 1.68. The molecule has 0 radical (unpaired) electrons. The van der Waals surface area contributed by atoms with Gasteiger partial charge in [-0.2, -0.15) is 0 Å². The Morgan fingerprint density at radius 3 is 2.48 bits per heavy atom. The van der Waals surface area contributed by atoms with E-state index in [1.54, 1.807) is 30.3 Å². The first-order valence-electron chi connectivity index (χ1n) is 6.27. The summed E-state index contributed by atoms with van der Waals surface area (Å²) < 4.78 is 23.2. The second kappa shape index (κ2) is 6.36. The van der Waals surface area contributed by atoms with Crippen molar-refractivity contribution in [3.63, 3.8) is 0 Å². The number of hydrogen-bond donors (Lipinski definition) is 1. The molecule has 0 fully saturated rings. The molecule has 0 aliphatic carbocycles. The van der Waals surface area contributed by atoms with Gasteiger partial charge in [0.2, 0.25) is 0 Å². The Bertz CT molecular complexity index is 760. The van der Waals surface area contributed by atoms with Crippen molar-refractivity contribution in [2.24, 2.45) is 5.73 Å². The van der Waals surface area contributed by atoms with Gasteiger partial charge in [-0.25, -0.2) is 8.42 Å². The molecule has 0 heterocycles. The van der Waals surface area contributed by atoms with Crippen LogP contribution < -0.4 is 5.73 Å². The number of nitrogens with two attached hydrogens (primary N) is 1. The predicted octanol–water partition coefficient (Wildman–Crippen LogP) is 3.64. The van der Waals surface area contributed by atoms with Crippen LogP contribution in [-0.4, -0.2) is 14.7 Å². The van der Waals surface area contributed by atoms with Crippen molar-refractivity contribution in [1.29, 1.82) is 0 Å². The second-order valence-electron chi connectivity index (χ2n) is 4.89. The highest BCUT2D eigenvalue weighted by Crippen LogP contribution is 2.26. The third kappa shape index (κ3) is 4.20. The molecule has 0 amide bonds. The van der Waals surface area contributed by atoms with Gasteiger partial charge in [0.05, 0.1) is 4.90 Å². The molecule has 3 nitrogen and oxygen atoms in total. The van der Waals surface area contributed by atoms with E-state index in [1.807, 2.05) is 12.1 Å². The maximum Gasteiger partial charge on any atom is 0.175 e. The lowest BCUT2D eigenvalue weighted by molar-refractivity contribution is 0.601. The Labute approximate surface area is 134 Å². The van der Waals surface area contributed by atoms with Crippen molar-refractivity contribution in [3.05, 3.63) is 63.6 Å². The minimum absolute atomic E-state index is 0.262. The van der Waals surface area contributed by atoms with Crippen molar-refractivity contribution in [2.75, 3.05) is 6.26 Å². The first-order valence-corrected chi connectivity index (χ1v) is 8.91. The zero-order valence-corrected chi connectivity index (χ0v) is 13.7. The summed E-state index contributed by atoms with van der Waals surface area (Å²) in [5.74, 6) is 0. The normalized spacial score (nSPS) is 13.1. The zero-order valence-electron chi connectivity index (χ0n) is 11.4. The number of rotatable bonds is 4. The summed E-state index contributed by atoms with van der Waals surface area (Å²) in [7, 11) is -3.24. The molecule has 0 bridgehead atoms. The number of halogens is 2. The van der Waals surface area contributed by atoms with E-state index in [0.717, 1.165) is 11.1 Å². The fourth-order valence-electron chi connectivity index (χ4n) is 2.02. The van der Waals surface area contributed by atoms with E-state index in [1.165, 1.54) is 6.26 Å². The van der Waals surface area contributed by atoms with E-state index in [4.69, 9.17) is 28.9 Å². The summed E-state index contributed by atoms with van der Waals surface area (Å²) in [5, 5.41) is 1.12. The summed E-state index contributed by atoms with van der Waals surface area (Å²) in [4.78, 5) is 0.262. The molecule has 2 N–H and O–H groups in total. The lowest BCUT2D eigenvalue weighted by Crippen LogP contribution is -2.14. The molecule has 112 valence electrons. The minimum Gasteiger partial charge on any atom is -0.324 e. The van der Waals surface area contributed by atoms with Gasteiger partial charge in [0.1, 0.15) is 0 Å². The van der Waals surface area contributed by atoms with E-state index in [9.17, 15) is 8.42 Å². The summed E-state index contributed by atoms with van der Waals surface area (Å²) in [6, 6.07) is 11.6. The molecule has 0 saturated heterocycles. The highest BCUT2D eigenvalue weighted by molar-refractivity contribution is 7.90. The van der Waals surface area contributed by atoms with Crippen LogP contribution in [0.3, 0.4) is 0 Å². The van der Waals surface area contributed by atoms with Crippen LogP contribution >= 0.6 is 23.2 Å². The SMILES string of the molecule is CS(=O)(=O)c1cccc(C(N)Cc2ccc(Cl)cc2Cl)c1. The van der Waals surface area contributed by atoms with Crippen LogP contribution in [0, 0.1) is 0 Å². The molecule has 1 unspecified atom stereocenters. The Balaban J connectivity index is 2.26. The van der Waals surface area contributed by atoms with Crippen LogP contribution in [0.5, 0.6) is 0 Å². The van der Waals surface area contributed by atoms with Crippen LogP contribution in [0.1, 0.15) is 17.2 Å². The molecule has 6 heteroatoms. The molecule has 1 atom stereocenters. The third-order valence-corrected chi connectivity index (χ3v) is 4.87. The minimum atomic E-state index is -3.24. The molecule has 2 rings (SSSR count). The van der Waals surface area contributed by atoms with Gasteiger partial charge in [-0.15, -0.1) is 0 Å². The van der Waals surface area contributed by atoms with E-state index in [0.29, 0.717) is 16.5 Å². The Morgan fingerprint density at radius 2 is 1.86 bits per heavy atom. The van der Waals surface area contributed by atoms with Crippen LogP contribution in [0.25, 0.3) is 0 Å². The Kier molecular flexibility index (Phi) is 4.94. The summed E-state index contributed by atoms with van der Waals surface area (Å²) in [6.45, 7) is 0. The molecule has 0 spiro atoms. The van der Waals surface area contributed by atoms with Crippen molar-refractivity contribution < 1.29 is 8.42 Å². The van der Waals surface area contributed by atoms with Crippen LogP contribution in [0.15, 0.2) is 47.4 Å². The van der Waals surface area contributed by atoms with E-state index < -0.39 is 9.84 Å². The van der Waals surface area contributed by atoms with E-state index in [-0.39, 0.29) is 10.9 Å². The largest absolute Gasteiger partial charge is 0.324 e. The lowest BCUT2D eigenvalue weighted by atomic mass is 10.00. The predicted molar refractivity (Wildman–Crippen MR) is 86.6 cm³/mol. The first kappa shape index (κ1) is 16.3. The number of hydrogen-bond acceptors (Lipinski definition) is 3. The zero-order chi connectivity index (χ0) is 15.6. The summed E-state index contributed by atoms with van der Waals surface area (Å²) >= 11 is 12.0. The molecule has 0 aliphatic rings.